The molecule has 1 aromatic rings. The number of amides is 2. The van der Waals surface area contributed by atoms with Crippen molar-refractivity contribution in [1.82, 2.24) is 5.32 Å². The molecule has 1 N–H and O–H groups in total. The van der Waals surface area contributed by atoms with Crippen LogP contribution < -0.4 is 10.2 Å². The lowest BCUT2D eigenvalue weighted by molar-refractivity contribution is -0.121. The molecule has 2 unspecified atom stereocenters. The molecule has 7 nitrogen and oxygen atoms in total. The molecule has 0 aromatic heterocycles. The number of rotatable bonds is 5. The van der Waals surface area contributed by atoms with Crippen LogP contribution in [-0.2, 0) is 19.4 Å². The van der Waals surface area contributed by atoms with Crippen LogP contribution in [0.3, 0.4) is 0 Å². The van der Waals surface area contributed by atoms with Crippen molar-refractivity contribution in [2.24, 2.45) is 0 Å². The van der Waals surface area contributed by atoms with E-state index in [1.54, 1.807) is 13.0 Å². The topological polar surface area (TPSA) is 92.8 Å². The molecular weight excluding hydrogens is 356 g/mol. The summed E-state index contributed by atoms with van der Waals surface area (Å²) in [7, 11) is -3.05. The summed E-state index contributed by atoms with van der Waals surface area (Å²) in [4.78, 5) is 24.9. The van der Waals surface area contributed by atoms with Crippen LogP contribution in [0.5, 0.6) is 0 Å². The molecule has 0 spiro atoms. The van der Waals surface area contributed by atoms with Gasteiger partial charge in [-0.3, -0.25) is 9.69 Å². The van der Waals surface area contributed by atoms with Crippen molar-refractivity contribution in [2.75, 3.05) is 23.7 Å². The van der Waals surface area contributed by atoms with E-state index in [9.17, 15) is 18.0 Å². The number of ether oxygens (including phenoxy) is 1. The third-order valence-electron chi connectivity index (χ3n) is 4.59. The van der Waals surface area contributed by atoms with E-state index in [1.807, 2.05) is 24.3 Å². The van der Waals surface area contributed by atoms with Crippen LogP contribution in [0.1, 0.15) is 31.2 Å². The zero-order valence-electron chi connectivity index (χ0n) is 14.6. The minimum Gasteiger partial charge on any atom is -0.442 e. The van der Waals surface area contributed by atoms with Gasteiger partial charge in [-0.2, -0.15) is 0 Å². The van der Waals surface area contributed by atoms with Crippen LogP contribution in [0.2, 0.25) is 0 Å². The predicted octanol–water partition coefficient (Wildman–Crippen LogP) is 1.95. The number of allylic oxidation sites excluding steroid dienone is 1. The van der Waals surface area contributed by atoms with Gasteiger partial charge in [0.15, 0.2) is 9.84 Å². The molecule has 0 radical (unpaired) electrons. The summed E-state index contributed by atoms with van der Waals surface area (Å²) in [5.74, 6) is 0.140. The summed E-state index contributed by atoms with van der Waals surface area (Å²) < 4.78 is 28.2. The Hall–Kier alpha value is -2.35. The Balaban J connectivity index is 1.63. The number of nitrogens with zero attached hydrogens (tertiary/aromatic N) is 1. The fraction of sp³-hybridized carbons (Fsp3) is 0.444. The Morgan fingerprint density at radius 1 is 1.31 bits per heavy atom. The highest BCUT2D eigenvalue weighted by Gasteiger charge is 2.32. The smallest absolute Gasteiger partial charge is 0.414 e. The first-order valence-corrected chi connectivity index (χ1v) is 10.4. The summed E-state index contributed by atoms with van der Waals surface area (Å²) in [5.41, 5.74) is 1.73. The van der Waals surface area contributed by atoms with Gasteiger partial charge in [0.2, 0.25) is 5.91 Å². The molecule has 26 heavy (non-hydrogen) atoms. The van der Waals surface area contributed by atoms with E-state index in [0.717, 1.165) is 11.3 Å². The van der Waals surface area contributed by atoms with Gasteiger partial charge >= 0.3 is 6.09 Å². The summed E-state index contributed by atoms with van der Waals surface area (Å²) in [6, 6.07) is 7.48. The molecule has 140 valence electrons. The van der Waals surface area contributed by atoms with Crippen molar-refractivity contribution in [2.45, 2.75) is 31.8 Å². The minimum atomic E-state index is -3.05. The molecular formula is C18H22N2O5S. The van der Waals surface area contributed by atoms with Crippen molar-refractivity contribution >= 4 is 27.5 Å². The zero-order valence-corrected chi connectivity index (χ0v) is 15.4. The van der Waals surface area contributed by atoms with E-state index in [0.29, 0.717) is 25.9 Å². The molecule has 8 heteroatoms. The molecule has 3 rings (SSSR count). The average Bonchev–Trinajstić information content (AvgIpc) is 3.00. The van der Waals surface area contributed by atoms with Crippen molar-refractivity contribution in [1.29, 1.82) is 0 Å². The first-order valence-electron chi connectivity index (χ1n) is 8.63. The normalized spacial score (nSPS) is 24.3. The molecule has 0 saturated carbocycles. The van der Waals surface area contributed by atoms with E-state index in [4.69, 9.17) is 4.74 Å². The molecule has 2 amide bonds. The van der Waals surface area contributed by atoms with Crippen LogP contribution >= 0.6 is 0 Å². The van der Waals surface area contributed by atoms with Gasteiger partial charge in [0.05, 0.1) is 18.8 Å². The van der Waals surface area contributed by atoms with Gasteiger partial charge in [0.25, 0.3) is 0 Å². The first-order chi connectivity index (χ1) is 12.4. The highest BCUT2D eigenvalue weighted by molar-refractivity contribution is 7.94. The number of carbonyl (C=O) groups excluding carboxylic acids is 2. The molecule has 2 heterocycles. The Bertz CT molecular complexity index is 816. The highest BCUT2D eigenvalue weighted by Crippen LogP contribution is 2.29. The second-order valence-electron chi connectivity index (χ2n) is 6.46. The maximum absolute atomic E-state index is 12.1. The third kappa shape index (κ3) is 4.24. The van der Waals surface area contributed by atoms with Gasteiger partial charge in [-0.25, -0.2) is 13.2 Å². The van der Waals surface area contributed by atoms with E-state index < -0.39 is 15.9 Å². The summed E-state index contributed by atoms with van der Waals surface area (Å²) in [6.07, 6.45) is 1.86. The number of anilines is 1. The van der Waals surface area contributed by atoms with Crippen LogP contribution in [0, 0.1) is 0 Å². The number of nitrogens with one attached hydrogen (secondary N) is 1. The van der Waals surface area contributed by atoms with E-state index in [1.165, 1.54) is 10.3 Å². The third-order valence-corrected chi connectivity index (χ3v) is 5.96. The average molecular weight is 378 g/mol. The summed E-state index contributed by atoms with van der Waals surface area (Å²) >= 11 is 0. The fourth-order valence-electron chi connectivity index (χ4n) is 3.04. The highest BCUT2D eigenvalue weighted by atomic mass is 32.2. The SMILES string of the molecule is CCC(=O)NCC1CN(c2ccc(C3C=CS(=O)(=O)CC3)cc2)C(=O)O1. The Kier molecular flexibility index (Phi) is 5.31. The van der Waals surface area contributed by atoms with Crippen molar-refractivity contribution in [3.63, 3.8) is 0 Å². The largest absolute Gasteiger partial charge is 0.442 e. The lowest BCUT2D eigenvalue weighted by Gasteiger charge is -2.18. The van der Waals surface area contributed by atoms with Gasteiger partial charge < -0.3 is 10.1 Å². The van der Waals surface area contributed by atoms with Crippen LogP contribution in [0.4, 0.5) is 10.5 Å². The predicted molar refractivity (Wildman–Crippen MR) is 97.6 cm³/mol. The Morgan fingerprint density at radius 2 is 2.04 bits per heavy atom. The van der Waals surface area contributed by atoms with E-state index >= 15 is 0 Å². The number of sulfone groups is 1. The van der Waals surface area contributed by atoms with Crippen LogP contribution in [0.25, 0.3) is 0 Å². The molecule has 1 saturated heterocycles. The molecule has 2 aliphatic rings. The Labute approximate surface area is 152 Å². The monoisotopic (exact) mass is 378 g/mol. The van der Waals surface area contributed by atoms with Gasteiger partial charge in [-0.1, -0.05) is 25.1 Å². The van der Waals surface area contributed by atoms with Crippen molar-refractivity contribution in [3.8, 4) is 0 Å². The van der Waals surface area contributed by atoms with Crippen LogP contribution in [0.15, 0.2) is 35.7 Å². The number of benzene rings is 1. The lowest BCUT2D eigenvalue weighted by atomic mass is 9.96. The van der Waals surface area contributed by atoms with E-state index in [2.05, 4.69) is 5.32 Å². The quantitative estimate of drug-likeness (QED) is 0.845. The molecule has 2 atom stereocenters. The van der Waals surface area contributed by atoms with Gasteiger partial charge in [0.1, 0.15) is 6.10 Å². The molecule has 2 aliphatic heterocycles. The van der Waals surface area contributed by atoms with Gasteiger partial charge in [-0.15, -0.1) is 0 Å². The lowest BCUT2D eigenvalue weighted by Crippen LogP contribution is -2.34. The first kappa shape index (κ1) is 18.4. The summed E-state index contributed by atoms with van der Waals surface area (Å²) in [6.45, 7) is 2.44. The van der Waals surface area contributed by atoms with Gasteiger partial charge in [-0.05, 0) is 24.1 Å². The number of hydrogen-bond acceptors (Lipinski definition) is 5. The molecule has 1 aromatic carbocycles. The standard InChI is InChI=1S/C18H22N2O5S/c1-2-17(21)19-11-16-12-20(18(22)25-16)15-5-3-13(4-6-15)14-7-9-26(23,24)10-8-14/h3-7,9,14,16H,2,8,10-12H2,1H3,(H,19,21). The zero-order chi connectivity index (χ0) is 18.7. The summed E-state index contributed by atoms with van der Waals surface area (Å²) in [5, 5.41) is 4.01. The fourth-order valence-corrected chi connectivity index (χ4v) is 4.19. The Morgan fingerprint density at radius 3 is 2.65 bits per heavy atom. The second kappa shape index (κ2) is 7.49. The van der Waals surface area contributed by atoms with E-state index in [-0.39, 0.29) is 23.7 Å². The maximum atomic E-state index is 12.1. The molecule has 1 fully saturated rings. The second-order valence-corrected chi connectivity index (χ2v) is 8.46. The number of carbonyl (C=O) groups is 2. The van der Waals surface area contributed by atoms with Gasteiger partial charge in [0, 0.05) is 23.4 Å². The number of cyclic esters (lactones) is 1. The maximum Gasteiger partial charge on any atom is 0.414 e. The van der Waals surface area contributed by atoms with Crippen molar-refractivity contribution in [3.05, 3.63) is 41.3 Å². The minimum absolute atomic E-state index is 0.0649. The number of hydrogen-bond donors (Lipinski definition) is 1. The van der Waals surface area contributed by atoms with Crippen LogP contribution in [-0.4, -0.2) is 45.4 Å². The molecule has 0 aliphatic carbocycles. The molecule has 0 bridgehead atoms. The van der Waals surface area contributed by atoms with Crippen molar-refractivity contribution < 1.29 is 22.7 Å².